The monoisotopic (exact) mass is 408 g/mol. The van der Waals surface area contributed by atoms with Crippen molar-refractivity contribution in [3.05, 3.63) is 0 Å². The van der Waals surface area contributed by atoms with E-state index in [1.807, 2.05) is 11.8 Å². The van der Waals surface area contributed by atoms with Crippen LogP contribution < -0.4 is 0 Å². The molecule has 4 nitrogen and oxygen atoms in total. The number of hydrogen-bond acceptors (Lipinski definition) is 3. The second kappa shape index (κ2) is 10.9. The molecule has 0 bridgehead atoms. The van der Waals surface area contributed by atoms with Crippen LogP contribution in [-0.4, -0.2) is 51.9 Å². The Morgan fingerprint density at radius 1 is 0.929 bits per heavy atom. The van der Waals surface area contributed by atoms with Crippen LogP contribution in [0.1, 0.15) is 96.8 Å². The first kappa shape index (κ1) is 22.0. The van der Waals surface area contributed by atoms with Gasteiger partial charge in [0.05, 0.1) is 4.87 Å². The van der Waals surface area contributed by atoms with Crippen LogP contribution in [0.2, 0.25) is 0 Å². The third kappa shape index (κ3) is 5.46. The highest BCUT2D eigenvalue weighted by Gasteiger charge is 2.47. The number of likely N-dealkylation sites (tertiary alicyclic amines) is 1. The van der Waals surface area contributed by atoms with E-state index in [9.17, 15) is 9.59 Å². The molecule has 0 unspecified atom stereocenters. The minimum atomic E-state index is -0.0224. The van der Waals surface area contributed by atoms with E-state index in [2.05, 4.69) is 16.7 Å². The van der Waals surface area contributed by atoms with Gasteiger partial charge in [-0.25, -0.2) is 0 Å². The summed E-state index contributed by atoms with van der Waals surface area (Å²) in [6, 6.07) is 0. The van der Waals surface area contributed by atoms with Gasteiger partial charge in [0.1, 0.15) is 0 Å². The SMILES string of the molecule is CCCCCCCCC(=O)N1CCC2(CC1)SCCN2C(=O)C1CCCCC1. The fraction of sp³-hybridized carbons (Fsp3) is 0.913. The zero-order valence-electron chi connectivity index (χ0n) is 17.9. The molecule has 3 rings (SSSR count). The first-order chi connectivity index (χ1) is 13.7. The molecule has 1 saturated carbocycles. The summed E-state index contributed by atoms with van der Waals surface area (Å²) in [5, 5.41) is 0. The molecule has 1 aliphatic carbocycles. The number of hydrogen-bond donors (Lipinski definition) is 0. The molecule has 0 N–H and O–H groups in total. The largest absolute Gasteiger partial charge is 0.342 e. The van der Waals surface area contributed by atoms with Crippen molar-refractivity contribution in [3.63, 3.8) is 0 Å². The van der Waals surface area contributed by atoms with Gasteiger partial charge in [-0.2, -0.15) is 0 Å². The third-order valence-electron chi connectivity index (χ3n) is 7.04. The van der Waals surface area contributed by atoms with Crippen molar-refractivity contribution in [1.29, 1.82) is 0 Å². The number of carbonyl (C=O) groups is 2. The lowest BCUT2D eigenvalue weighted by Gasteiger charge is -2.45. The minimum absolute atomic E-state index is 0.0224. The lowest BCUT2D eigenvalue weighted by Crippen LogP contribution is -2.55. The summed E-state index contributed by atoms with van der Waals surface area (Å²) in [5.74, 6) is 2.07. The highest BCUT2D eigenvalue weighted by atomic mass is 32.2. The average Bonchev–Trinajstić information content (AvgIpc) is 3.14. The number of unbranched alkanes of at least 4 members (excludes halogenated alkanes) is 5. The van der Waals surface area contributed by atoms with Crippen molar-refractivity contribution in [1.82, 2.24) is 9.80 Å². The standard InChI is InChI=1S/C23H40N2O2S/c1-2-3-4-5-6-10-13-21(26)24-16-14-23(15-17-24)25(18-19-28-23)22(27)20-11-8-7-9-12-20/h20H,2-19H2,1H3. The van der Waals surface area contributed by atoms with E-state index in [4.69, 9.17) is 0 Å². The maximum atomic E-state index is 13.2. The Hall–Kier alpha value is -0.710. The van der Waals surface area contributed by atoms with E-state index < -0.39 is 0 Å². The number of carbonyl (C=O) groups excluding carboxylic acids is 2. The van der Waals surface area contributed by atoms with Gasteiger partial charge in [0.25, 0.3) is 0 Å². The summed E-state index contributed by atoms with van der Waals surface area (Å²) >= 11 is 1.98. The molecule has 2 heterocycles. The Kier molecular flexibility index (Phi) is 8.55. The summed E-state index contributed by atoms with van der Waals surface area (Å²) in [6.45, 7) is 4.80. The van der Waals surface area contributed by atoms with Crippen molar-refractivity contribution in [2.75, 3.05) is 25.4 Å². The van der Waals surface area contributed by atoms with E-state index in [0.717, 1.165) is 57.5 Å². The van der Waals surface area contributed by atoms with Crippen molar-refractivity contribution in [2.45, 2.75) is 102 Å². The van der Waals surface area contributed by atoms with Crippen LogP contribution in [0.5, 0.6) is 0 Å². The Morgan fingerprint density at radius 3 is 2.32 bits per heavy atom. The maximum Gasteiger partial charge on any atom is 0.226 e. The molecule has 0 aromatic carbocycles. The topological polar surface area (TPSA) is 40.6 Å². The first-order valence-electron chi connectivity index (χ1n) is 11.9. The van der Waals surface area contributed by atoms with Crippen molar-refractivity contribution >= 4 is 23.6 Å². The molecule has 160 valence electrons. The molecule has 3 aliphatic rings. The van der Waals surface area contributed by atoms with Crippen LogP contribution in [0, 0.1) is 5.92 Å². The van der Waals surface area contributed by atoms with E-state index in [1.165, 1.54) is 51.4 Å². The van der Waals surface area contributed by atoms with Crippen LogP contribution in [0.3, 0.4) is 0 Å². The molecule has 28 heavy (non-hydrogen) atoms. The number of nitrogens with zero attached hydrogens (tertiary/aromatic N) is 2. The van der Waals surface area contributed by atoms with Gasteiger partial charge >= 0.3 is 0 Å². The molecule has 2 aliphatic heterocycles. The molecular formula is C23H40N2O2S. The van der Waals surface area contributed by atoms with Crippen LogP contribution >= 0.6 is 11.8 Å². The normalized spacial score (nSPS) is 22.8. The maximum absolute atomic E-state index is 13.2. The number of amides is 2. The summed E-state index contributed by atoms with van der Waals surface area (Å²) in [6.07, 6.45) is 15.9. The zero-order chi connectivity index (χ0) is 19.8. The fourth-order valence-electron chi connectivity index (χ4n) is 5.22. The van der Waals surface area contributed by atoms with Gasteiger partial charge in [0, 0.05) is 37.7 Å². The Balaban J connectivity index is 1.44. The van der Waals surface area contributed by atoms with Gasteiger partial charge in [0.2, 0.25) is 11.8 Å². The lowest BCUT2D eigenvalue weighted by molar-refractivity contribution is -0.141. The molecular weight excluding hydrogens is 368 g/mol. The van der Waals surface area contributed by atoms with E-state index in [0.29, 0.717) is 18.2 Å². The number of rotatable bonds is 8. The lowest BCUT2D eigenvalue weighted by atomic mass is 9.87. The minimum Gasteiger partial charge on any atom is -0.342 e. The Morgan fingerprint density at radius 2 is 1.61 bits per heavy atom. The number of piperidine rings is 1. The quantitative estimate of drug-likeness (QED) is 0.518. The van der Waals surface area contributed by atoms with Crippen LogP contribution in [0.25, 0.3) is 0 Å². The molecule has 0 atom stereocenters. The molecule has 0 radical (unpaired) electrons. The molecule has 3 fully saturated rings. The Labute approximate surface area is 176 Å². The van der Waals surface area contributed by atoms with Gasteiger partial charge in [-0.15, -0.1) is 11.8 Å². The van der Waals surface area contributed by atoms with E-state index in [-0.39, 0.29) is 10.8 Å². The predicted octanol–water partition coefficient (Wildman–Crippen LogP) is 5.21. The molecule has 1 spiro atoms. The summed E-state index contributed by atoms with van der Waals surface area (Å²) in [5.41, 5.74) is 0. The van der Waals surface area contributed by atoms with Gasteiger partial charge in [0.15, 0.2) is 0 Å². The van der Waals surface area contributed by atoms with Crippen molar-refractivity contribution in [2.24, 2.45) is 5.92 Å². The molecule has 2 amide bonds. The molecule has 5 heteroatoms. The second-order valence-corrected chi connectivity index (χ2v) is 10.5. The fourth-order valence-corrected chi connectivity index (χ4v) is 6.69. The van der Waals surface area contributed by atoms with Gasteiger partial charge < -0.3 is 9.80 Å². The van der Waals surface area contributed by atoms with Crippen molar-refractivity contribution < 1.29 is 9.59 Å². The third-order valence-corrected chi connectivity index (χ3v) is 8.59. The second-order valence-electron chi connectivity index (χ2n) is 9.02. The van der Waals surface area contributed by atoms with E-state index in [1.54, 1.807) is 0 Å². The van der Waals surface area contributed by atoms with Gasteiger partial charge in [-0.05, 0) is 32.1 Å². The Bertz CT molecular complexity index is 511. The zero-order valence-corrected chi connectivity index (χ0v) is 18.7. The molecule has 0 aromatic heterocycles. The highest BCUT2D eigenvalue weighted by molar-refractivity contribution is 8.00. The predicted molar refractivity (Wildman–Crippen MR) is 117 cm³/mol. The summed E-state index contributed by atoms with van der Waals surface area (Å²) < 4.78 is 0. The highest BCUT2D eigenvalue weighted by Crippen LogP contribution is 2.45. The number of thioether (sulfide) groups is 1. The summed E-state index contributed by atoms with van der Waals surface area (Å²) in [4.78, 5) is 30.0. The molecule has 0 aromatic rings. The van der Waals surface area contributed by atoms with Gasteiger partial charge in [-0.3, -0.25) is 9.59 Å². The smallest absolute Gasteiger partial charge is 0.226 e. The van der Waals surface area contributed by atoms with Crippen LogP contribution in [0.4, 0.5) is 0 Å². The van der Waals surface area contributed by atoms with Crippen molar-refractivity contribution in [3.8, 4) is 0 Å². The summed E-state index contributed by atoms with van der Waals surface area (Å²) in [7, 11) is 0. The molecule has 2 saturated heterocycles. The average molecular weight is 409 g/mol. The van der Waals surface area contributed by atoms with Crippen LogP contribution in [-0.2, 0) is 9.59 Å². The van der Waals surface area contributed by atoms with Crippen LogP contribution in [0.15, 0.2) is 0 Å². The van der Waals surface area contributed by atoms with E-state index >= 15 is 0 Å². The van der Waals surface area contributed by atoms with Gasteiger partial charge in [-0.1, -0.05) is 58.3 Å². The first-order valence-corrected chi connectivity index (χ1v) is 12.9.